The molecule has 14 rings (SSSR count). The highest BCUT2D eigenvalue weighted by Gasteiger charge is 2.61. The van der Waals surface area contributed by atoms with Gasteiger partial charge in [-0.25, -0.2) is 0 Å². The zero-order chi connectivity index (χ0) is 35.8. The Morgan fingerprint density at radius 3 is 1.64 bits per heavy atom. The van der Waals surface area contributed by atoms with Gasteiger partial charge in [-0.1, -0.05) is 133 Å². The van der Waals surface area contributed by atoms with Gasteiger partial charge in [0.25, 0.3) is 0 Å². The quantitative estimate of drug-likeness (QED) is 0.161. The lowest BCUT2D eigenvalue weighted by Crippen LogP contribution is -2.55. The van der Waals surface area contributed by atoms with E-state index in [1.165, 1.54) is 115 Å². The number of para-hydroxylation sites is 2. The Hall–Kier alpha value is -5.92. The highest BCUT2D eigenvalue weighted by Crippen LogP contribution is 2.70. The number of hydrogen-bond donors (Lipinski definition) is 0. The Morgan fingerprint density at radius 1 is 0.382 bits per heavy atom. The second-order valence-corrected chi connectivity index (χ2v) is 17.2. The summed E-state index contributed by atoms with van der Waals surface area (Å²) < 4.78 is 2.41. The SMILES string of the molecule is c1ccc(-n2c3ccccc3c3cc(-c4c5ccccc5c(-c5cccc6c5-c5ccccc5C65C6CC7CC(C6)CC5C7)c5ccccc45)ccc32)cc1. The van der Waals surface area contributed by atoms with Crippen molar-refractivity contribution in [3.8, 4) is 39.1 Å². The van der Waals surface area contributed by atoms with Gasteiger partial charge in [0.1, 0.15) is 0 Å². The second-order valence-electron chi connectivity index (χ2n) is 17.2. The molecule has 55 heavy (non-hydrogen) atoms. The summed E-state index contributed by atoms with van der Waals surface area (Å²) in [5.74, 6) is 3.36. The summed E-state index contributed by atoms with van der Waals surface area (Å²) in [5.41, 5.74) is 15.4. The first kappa shape index (κ1) is 30.4. The molecule has 1 spiro atoms. The van der Waals surface area contributed by atoms with Crippen molar-refractivity contribution in [3.63, 3.8) is 0 Å². The van der Waals surface area contributed by atoms with Crippen LogP contribution in [0.25, 0.3) is 82.4 Å². The summed E-state index contributed by atoms with van der Waals surface area (Å²) in [6.07, 6.45) is 7.09. The lowest BCUT2D eigenvalue weighted by atomic mass is 9.43. The first-order chi connectivity index (χ1) is 27.3. The van der Waals surface area contributed by atoms with E-state index in [0.29, 0.717) is 0 Å². The molecule has 262 valence electrons. The molecule has 0 radical (unpaired) electrons. The molecule has 4 fully saturated rings. The van der Waals surface area contributed by atoms with Crippen LogP contribution in [0.3, 0.4) is 0 Å². The van der Waals surface area contributed by atoms with E-state index in [1.54, 1.807) is 11.1 Å². The van der Waals surface area contributed by atoms with Crippen LogP contribution in [0.5, 0.6) is 0 Å². The van der Waals surface area contributed by atoms with E-state index in [-0.39, 0.29) is 5.41 Å². The molecule has 0 amide bonds. The van der Waals surface area contributed by atoms with Crippen molar-refractivity contribution in [2.45, 2.75) is 37.5 Å². The van der Waals surface area contributed by atoms with Crippen LogP contribution in [-0.2, 0) is 5.41 Å². The molecule has 0 N–H and O–H groups in total. The van der Waals surface area contributed by atoms with Gasteiger partial charge in [0.15, 0.2) is 0 Å². The molecular weight excluding hydrogens is 663 g/mol. The van der Waals surface area contributed by atoms with E-state index >= 15 is 0 Å². The van der Waals surface area contributed by atoms with E-state index in [1.807, 2.05) is 0 Å². The highest BCUT2D eigenvalue weighted by atomic mass is 15.0. The Kier molecular flexibility index (Phi) is 6.13. The van der Waals surface area contributed by atoms with E-state index in [4.69, 9.17) is 0 Å². The summed E-state index contributed by atoms with van der Waals surface area (Å²) in [7, 11) is 0. The largest absolute Gasteiger partial charge is 0.309 e. The predicted molar refractivity (Wildman–Crippen MR) is 230 cm³/mol. The number of benzene rings is 8. The summed E-state index contributed by atoms with van der Waals surface area (Å²) in [4.78, 5) is 0. The van der Waals surface area contributed by atoms with Crippen molar-refractivity contribution in [1.82, 2.24) is 4.57 Å². The van der Waals surface area contributed by atoms with Crippen LogP contribution in [0.4, 0.5) is 0 Å². The summed E-state index contributed by atoms with van der Waals surface area (Å²) in [5, 5.41) is 7.87. The predicted octanol–water partition coefficient (Wildman–Crippen LogP) is 14.1. The zero-order valence-electron chi connectivity index (χ0n) is 30.9. The molecule has 5 aliphatic carbocycles. The number of rotatable bonds is 3. The van der Waals surface area contributed by atoms with Gasteiger partial charge in [-0.05, 0) is 152 Å². The zero-order valence-corrected chi connectivity index (χ0v) is 30.9. The van der Waals surface area contributed by atoms with Crippen molar-refractivity contribution >= 4 is 43.4 Å². The number of fused-ring (bicyclic) bond motifs is 8. The molecule has 4 bridgehead atoms. The lowest BCUT2D eigenvalue weighted by Gasteiger charge is -2.61. The fourth-order valence-corrected chi connectivity index (χ4v) is 13.1. The molecule has 4 saturated carbocycles. The molecule has 1 heteroatoms. The Labute approximate surface area is 321 Å². The highest BCUT2D eigenvalue weighted by molar-refractivity contribution is 6.23. The fraction of sp³-hybridized carbons (Fsp3) is 0.185. The number of nitrogens with zero attached hydrogens (tertiary/aromatic N) is 1. The molecule has 0 aliphatic heterocycles. The number of hydrogen-bond acceptors (Lipinski definition) is 0. The van der Waals surface area contributed by atoms with E-state index in [2.05, 4.69) is 168 Å². The molecular formula is C54H41N. The Bertz CT molecular complexity index is 2970. The standard InChI is InChI=1S/C54H41N/c1-2-13-38(14-3-1)55-49-24-11-9-15-39(49)46-32-35(25-26-50(46)55)51-40-16-4-6-18-42(40)52(43-19-7-5-17-41(43)51)45-21-12-23-48-53(45)44-20-8-10-22-47(44)54(48)36-28-33-27-34(30-36)31-37(54)29-33/h1-26,32-34,36-37H,27-31H2. The van der Waals surface area contributed by atoms with Crippen LogP contribution < -0.4 is 0 Å². The van der Waals surface area contributed by atoms with E-state index in [0.717, 1.165) is 23.7 Å². The van der Waals surface area contributed by atoms with Gasteiger partial charge in [-0.15, -0.1) is 0 Å². The Balaban J connectivity index is 1.08. The third-order valence-corrected chi connectivity index (χ3v) is 14.8. The first-order valence-electron chi connectivity index (χ1n) is 20.5. The molecule has 0 unspecified atom stereocenters. The van der Waals surface area contributed by atoms with Crippen molar-refractivity contribution in [1.29, 1.82) is 0 Å². The third kappa shape index (κ3) is 3.93. The van der Waals surface area contributed by atoms with Gasteiger partial charge in [0, 0.05) is 21.9 Å². The van der Waals surface area contributed by atoms with Gasteiger partial charge in [0.05, 0.1) is 11.0 Å². The maximum atomic E-state index is 2.54. The average Bonchev–Trinajstić information content (AvgIpc) is 3.72. The van der Waals surface area contributed by atoms with Gasteiger partial charge >= 0.3 is 0 Å². The minimum Gasteiger partial charge on any atom is -0.309 e. The maximum absolute atomic E-state index is 2.54. The topological polar surface area (TPSA) is 4.93 Å². The van der Waals surface area contributed by atoms with Gasteiger partial charge in [-0.3, -0.25) is 0 Å². The van der Waals surface area contributed by atoms with Gasteiger partial charge in [-0.2, -0.15) is 0 Å². The monoisotopic (exact) mass is 703 g/mol. The van der Waals surface area contributed by atoms with Crippen molar-refractivity contribution < 1.29 is 0 Å². The maximum Gasteiger partial charge on any atom is 0.0541 e. The summed E-state index contributed by atoms with van der Waals surface area (Å²) in [6.45, 7) is 0. The van der Waals surface area contributed by atoms with Crippen LogP contribution in [0.15, 0.2) is 164 Å². The normalized spacial score (nSPS) is 23.3. The van der Waals surface area contributed by atoms with E-state index in [9.17, 15) is 0 Å². The molecule has 1 heterocycles. The summed E-state index contributed by atoms with van der Waals surface area (Å²) in [6, 6.07) is 62.3. The van der Waals surface area contributed by atoms with Gasteiger partial charge in [0.2, 0.25) is 0 Å². The molecule has 0 saturated heterocycles. The van der Waals surface area contributed by atoms with Crippen LogP contribution >= 0.6 is 0 Å². The molecule has 8 aromatic carbocycles. The summed E-state index contributed by atoms with van der Waals surface area (Å²) >= 11 is 0. The van der Waals surface area contributed by atoms with Crippen molar-refractivity contribution in [2.24, 2.45) is 23.7 Å². The minimum absolute atomic E-state index is 0.148. The average molecular weight is 704 g/mol. The second kappa shape index (κ2) is 11.1. The number of aromatic nitrogens is 1. The fourth-order valence-electron chi connectivity index (χ4n) is 13.1. The minimum atomic E-state index is 0.148. The Morgan fingerprint density at radius 2 is 0.927 bits per heavy atom. The smallest absolute Gasteiger partial charge is 0.0541 e. The van der Waals surface area contributed by atoms with Crippen molar-refractivity contribution in [2.75, 3.05) is 0 Å². The van der Waals surface area contributed by atoms with Gasteiger partial charge < -0.3 is 4.57 Å². The van der Waals surface area contributed by atoms with Crippen LogP contribution in [0.2, 0.25) is 0 Å². The molecule has 1 nitrogen and oxygen atoms in total. The first-order valence-corrected chi connectivity index (χ1v) is 20.5. The van der Waals surface area contributed by atoms with Crippen LogP contribution in [0, 0.1) is 23.7 Å². The lowest BCUT2D eigenvalue weighted by molar-refractivity contribution is -0.0399. The van der Waals surface area contributed by atoms with Crippen LogP contribution in [-0.4, -0.2) is 4.57 Å². The molecule has 0 atom stereocenters. The van der Waals surface area contributed by atoms with Crippen LogP contribution in [0.1, 0.15) is 43.2 Å². The third-order valence-electron chi connectivity index (χ3n) is 14.8. The molecule has 9 aromatic rings. The van der Waals surface area contributed by atoms with E-state index < -0.39 is 0 Å². The van der Waals surface area contributed by atoms with Crippen molar-refractivity contribution in [3.05, 3.63) is 175 Å². The molecule has 1 aromatic heterocycles. The molecule has 5 aliphatic rings.